The maximum absolute atomic E-state index is 13.5. The zero-order valence-electron chi connectivity index (χ0n) is 11.1. The third kappa shape index (κ3) is 3.97. The summed E-state index contributed by atoms with van der Waals surface area (Å²) in [4.78, 5) is 10.5. The van der Waals surface area contributed by atoms with Crippen LogP contribution in [0, 0.1) is 11.6 Å². The molecule has 1 aromatic rings. The molecule has 5 nitrogen and oxygen atoms in total. The quantitative estimate of drug-likeness (QED) is 0.748. The first-order chi connectivity index (χ1) is 9.28. The third-order valence-corrected chi connectivity index (χ3v) is 4.41. The summed E-state index contributed by atoms with van der Waals surface area (Å²) in [5, 5.41) is 0. The van der Waals surface area contributed by atoms with Gasteiger partial charge in [-0.3, -0.25) is 4.79 Å². The first-order valence-corrected chi connectivity index (χ1v) is 7.30. The Kier molecular flexibility index (Phi) is 5.58. The van der Waals surface area contributed by atoms with Gasteiger partial charge in [0.1, 0.15) is 16.5 Å². The van der Waals surface area contributed by atoms with Crippen LogP contribution in [-0.4, -0.2) is 38.9 Å². The van der Waals surface area contributed by atoms with E-state index in [1.54, 1.807) is 6.92 Å². The van der Waals surface area contributed by atoms with Crippen LogP contribution in [0.3, 0.4) is 0 Å². The van der Waals surface area contributed by atoms with Gasteiger partial charge in [0.15, 0.2) is 0 Å². The predicted octanol–water partition coefficient (Wildman–Crippen LogP) is 1.54. The summed E-state index contributed by atoms with van der Waals surface area (Å²) in [7, 11) is -2.91. The van der Waals surface area contributed by atoms with E-state index in [2.05, 4.69) is 4.74 Å². The monoisotopic (exact) mass is 307 g/mol. The maximum Gasteiger partial charge on any atom is 0.307 e. The molecule has 0 bridgehead atoms. The van der Waals surface area contributed by atoms with Crippen LogP contribution in [0.25, 0.3) is 0 Å². The number of nitrogens with zero attached hydrogens (tertiary/aromatic N) is 1. The molecule has 20 heavy (non-hydrogen) atoms. The van der Waals surface area contributed by atoms with Crippen LogP contribution in [-0.2, 0) is 19.6 Å². The highest BCUT2D eigenvalue weighted by molar-refractivity contribution is 7.89. The topological polar surface area (TPSA) is 63.7 Å². The van der Waals surface area contributed by atoms with Gasteiger partial charge in [-0.1, -0.05) is 0 Å². The van der Waals surface area contributed by atoms with Gasteiger partial charge in [0.05, 0.1) is 13.0 Å². The normalized spacial score (nSPS) is 11.7. The van der Waals surface area contributed by atoms with Crippen molar-refractivity contribution in [3.05, 3.63) is 29.8 Å². The van der Waals surface area contributed by atoms with Crippen molar-refractivity contribution in [1.29, 1.82) is 0 Å². The van der Waals surface area contributed by atoms with Crippen LogP contribution in [0.1, 0.15) is 13.3 Å². The highest BCUT2D eigenvalue weighted by Gasteiger charge is 2.25. The zero-order valence-corrected chi connectivity index (χ0v) is 11.9. The molecule has 0 saturated carbocycles. The van der Waals surface area contributed by atoms with Crippen LogP contribution in [0.2, 0.25) is 0 Å². The van der Waals surface area contributed by atoms with Crippen LogP contribution in [0.4, 0.5) is 8.78 Å². The van der Waals surface area contributed by atoms with E-state index in [1.165, 1.54) is 7.05 Å². The van der Waals surface area contributed by atoms with Crippen molar-refractivity contribution in [2.24, 2.45) is 0 Å². The average molecular weight is 307 g/mol. The molecule has 112 valence electrons. The Morgan fingerprint density at radius 2 is 2.00 bits per heavy atom. The predicted molar refractivity (Wildman–Crippen MR) is 67.4 cm³/mol. The summed E-state index contributed by atoms with van der Waals surface area (Å²) in [6.45, 7) is 1.67. The molecule has 0 amide bonds. The number of ether oxygens (including phenoxy) is 1. The fraction of sp³-hybridized carbons (Fsp3) is 0.417. The molecule has 0 fully saturated rings. The van der Waals surface area contributed by atoms with Gasteiger partial charge in [-0.15, -0.1) is 0 Å². The van der Waals surface area contributed by atoms with E-state index < -0.39 is 32.5 Å². The van der Waals surface area contributed by atoms with E-state index in [9.17, 15) is 22.0 Å². The lowest BCUT2D eigenvalue weighted by molar-refractivity contribution is -0.143. The molecule has 0 aliphatic carbocycles. The van der Waals surface area contributed by atoms with Crippen molar-refractivity contribution in [1.82, 2.24) is 4.31 Å². The Morgan fingerprint density at radius 3 is 2.55 bits per heavy atom. The van der Waals surface area contributed by atoms with Gasteiger partial charge in [-0.05, 0) is 19.1 Å². The molecule has 0 atom stereocenters. The second kappa shape index (κ2) is 6.76. The molecular formula is C12H15F2NO4S. The number of hydrogen-bond donors (Lipinski definition) is 0. The Hall–Kier alpha value is -1.54. The smallest absolute Gasteiger partial charge is 0.307 e. The van der Waals surface area contributed by atoms with Crippen LogP contribution in [0.15, 0.2) is 23.1 Å². The molecule has 0 heterocycles. The molecule has 0 spiro atoms. The summed E-state index contributed by atoms with van der Waals surface area (Å²) in [5.74, 6) is -2.59. The van der Waals surface area contributed by atoms with E-state index in [1.807, 2.05) is 0 Å². The lowest BCUT2D eigenvalue weighted by atomic mass is 10.3. The minimum Gasteiger partial charge on any atom is -0.466 e. The van der Waals surface area contributed by atoms with Gasteiger partial charge in [0.25, 0.3) is 0 Å². The molecule has 8 heteroatoms. The van der Waals surface area contributed by atoms with Gasteiger partial charge >= 0.3 is 5.97 Å². The van der Waals surface area contributed by atoms with Crippen molar-refractivity contribution < 1.29 is 26.7 Å². The van der Waals surface area contributed by atoms with Crippen molar-refractivity contribution in [2.75, 3.05) is 20.2 Å². The van der Waals surface area contributed by atoms with Gasteiger partial charge in [-0.2, -0.15) is 0 Å². The Bertz CT molecular complexity index is 589. The van der Waals surface area contributed by atoms with E-state index >= 15 is 0 Å². The maximum atomic E-state index is 13.5. The summed E-state index contributed by atoms with van der Waals surface area (Å²) >= 11 is 0. The standard InChI is InChI=1S/C12H15F2NO4S/c1-3-19-12(16)6-7-15(2)20(17,18)11-5-4-9(13)8-10(11)14/h4-5,8H,3,6-7H2,1-2H3. The molecule has 0 N–H and O–H groups in total. The lowest BCUT2D eigenvalue weighted by Crippen LogP contribution is -2.30. The van der Waals surface area contributed by atoms with Crippen molar-refractivity contribution in [3.63, 3.8) is 0 Å². The largest absolute Gasteiger partial charge is 0.466 e. The molecule has 0 radical (unpaired) electrons. The van der Waals surface area contributed by atoms with Gasteiger partial charge in [-0.25, -0.2) is 21.5 Å². The van der Waals surface area contributed by atoms with Crippen molar-refractivity contribution in [3.8, 4) is 0 Å². The highest BCUT2D eigenvalue weighted by atomic mass is 32.2. The van der Waals surface area contributed by atoms with Crippen molar-refractivity contribution >= 4 is 16.0 Å². The van der Waals surface area contributed by atoms with E-state index in [0.29, 0.717) is 6.07 Å². The average Bonchev–Trinajstić information content (AvgIpc) is 2.35. The Morgan fingerprint density at radius 1 is 1.35 bits per heavy atom. The molecule has 0 saturated heterocycles. The molecule has 1 aromatic carbocycles. The Balaban J connectivity index is 2.85. The van der Waals surface area contributed by atoms with Crippen LogP contribution >= 0.6 is 0 Å². The second-order valence-electron chi connectivity index (χ2n) is 3.96. The molecule has 0 unspecified atom stereocenters. The fourth-order valence-electron chi connectivity index (χ4n) is 1.45. The number of hydrogen-bond acceptors (Lipinski definition) is 4. The number of esters is 1. The van der Waals surface area contributed by atoms with E-state index in [0.717, 1.165) is 16.4 Å². The summed E-state index contributed by atoms with van der Waals surface area (Å²) in [6.07, 6.45) is -0.146. The van der Waals surface area contributed by atoms with E-state index in [4.69, 9.17) is 0 Å². The second-order valence-corrected chi connectivity index (χ2v) is 5.97. The number of halogens is 2. The van der Waals surface area contributed by atoms with Crippen molar-refractivity contribution in [2.45, 2.75) is 18.2 Å². The number of carbonyl (C=O) groups is 1. The zero-order chi connectivity index (χ0) is 15.3. The molecule has 1 rings (SSSR count). The number of sulfonamides is 1. The number of rotatable bonds is 6. The minimum atomic E-state index is -4.11. The third-order valence-electron chi connectivity index (χ3n) is 2.52. The molecular weight excluding hydrogens is 292 g/mol. The number of benzene rings is 1. The van der Waals surface area contributed by atoms with Crippen LogP contribution < -0.4 is 0 Å². The molecule has 0 aliphatic rings. The lowest BCUT2D eigenvalue weighted by Gasteiger charge is -2.17. The van der Waals surface area contributed by atoms with E-state index in [-0.39, 0.29) is 19.6 Å². The van der Waals surface area contributed by atoms with Gasteiger partial charge in [0.2, 0.25) is 10.0 Å². The molecule has 0 aromatic heterocycles. The summed E-state index contributed by atoms with van der Waals surface area (Å²) in [6, 6.07) is 2.20. The molecule has 0 aliphatic heterocycles. The summed E-state index contributed by atoms with van der Waals surface area (Å²) < 4.78 is 55.8. The first-order valence-electron chi connectivity index (χ1n) is 5.86. The SMILES string of the molecule is CCOC(=O)CCN(C)S(=O)(=O)c1ccc(F)cc1F. The first kappa shape index (κ1) is 16.5. The minimum absolute atomic E-state index is 0.146. The van der Waals surface area contributed by atoms with Crippen LogP contribution in [0.5, 0.6) is 0 Å². The highest BCUT2D eigenvalue weighted by Crippen LogP contribution is 2.19. The number of carbonyl (C=O) groups excluding carboxylic acids is 1. The van der Waals surface area contributed by atoms with Gasteiger partial charge in [0, 0.05) is 19.7 Å². The fourth-order valence-corrected chi connectivity index (χ4v) is 2.67. The summed E-state index contributed by atoms with van der Waals surface area (Å²) in [5.41, 5.74) is 0. The Labute approximate surface area is 116 Å². The van der Waals surface area contributed by atoms with Gasteiger partial charge < -0.3 is 4.74 Å².